The molecule has 0 aliphatic heterocycles. The summed E-state index contributed by atoms with van der Waals surface area (Å²) >= 11 is 0. The molecule has 84 valence electrons. The maximum atomic E-state index is 11.5. The van der Waals surface area contributed by atoms with Gasteiger partial charge in [-0.2, -0.15) is 0 Å². The van der Waals surface area contributed by atoms with Gasteiger partial charge >= 0.3 is 17.1 Å². The Morgan fingerprint density at radius 3 is 2.00 bits per heavy atom. The Kier molecular flexibility index (Phi) is 2.51. The summed E-state index contributed by atoms with van der Waals surface area (Å²) in [5.41, 5.74) is -1.48. The van der Waals surface area contributed by atoms with Gasteiger partial charge in [-0.15, -0.1) is 6.42 Å². The van der Waals surface area contributed by atoms with Crippen LogP contribution in [0.1, 0.15) is 5.56 Å². The summed E-state index contributed by atoms with van der Waals surface area (Å²) < 4.78 is 0.807. The van der Waals surface area contributed by atoms with Crippen molar-refractivity contribution in [1.29, 1.82) is 0 Å². The van der Waals surface area contributed by atoms with E-state index in [1.165, 1.54) is 12.1 Å². The molecule has 0 fully saturated rings. The molecular formula is C11H7N3O3. The van der Waals surface area contributed by atoms with E-state index in [1.807, 2.05) is 9.97 Å². The van der Waals surface area contributed by atoms with E-state index in [-0.39, 0.29) is 0 Å². The normalized spacial score (nSPS) is 9.82. The Hall–Kier alpha value is -2.81. The minimum absolute atomic E-state index is 0.325. The second kappa shape index (κ2) is 3.98. The zero-order valence-electron chi connectivity index (χ0n) is 8.56. The highest BCUT2D eigenvalue weighted by atomic mass is 16.2. The summed E-state index contributed by atoms with van der Waals surface area (Å²) in [7, 11) is 0. The zero-order valence-corrected chi connectivity index (χ0v) is 8.56. The second-order valence-corrected chi connectivity index (χ2v) is 3.22. The second-order valence-electron chi connectivity index (χ2n) is 3.22. The Morgan fingerprint density at radius 1 is 1.00 bits per heavy atom. The van der Waals surface area contributed by atoms with Gasteiger partial charge in [-0.1, -0.05) is 5.92 Å². The molecule has 2 N–H and O–H groups in total. The Bertz CT molecular complexity index is 722. The summed E-state index contributed by atoms with van der Waals surface area (Å²) in [6.07, 6.45) is 5.18. The average molecular weight is 229 g/mol. The molecule has 0 atom stereocenters. The van der Waals surface area contributed by atoms with Crippen LogP contribution in [0.5, 0.6) is 0 Å². The van der Waals surface area contributed by atoms with Gasteiger partial charge in [0.05, 0.1) is 5.69 Å². The van der Waals surface area contributed by atoms with Gasteiger partial charge in [0, 0.05) is 5.56 Å². The van der Waals surface area contributed by atoms with Gasteiger partial charge in [0.2, 0.25) is 0 Å². The van der Waals surface area contributed by atoms with E-state index >= 15 is 0 Å². The van der Waals surface area contributed by atoms with E-state index in [0.717, 1.165) is 4.57 Å². The van der Waals surface area contributed by atoms with Crippen LogP contribution in [0.2, 0.25) is 0 Å². The van der Waals surface area contributed by atoms with Crippen molar-refractivity contribution in [3.05, 3.63) is 61.3 Å². The molecule has 1 heterocycles. The molecule has 1 aromatic carbocycles. The third-order valence-electron chi connectivity index (χ3n) is 2.14. The van der Waals surface area contributed by atoms with Gasteiger partial charge < -0.3 is 0 Å². The lowest BCUT2D eigenvalue weighted by Crippen LogP contribution is -2.42. The monoisotopic (exact) mass is 229 g/mol. The van der Waals surface area contributed by atoms with Crippen LogP contribution in [0.15, 0.2) is 38.6 Å². The number of hydrogen-bond donors (Lipinski definition) is 2. The van der Waals surface area contributed by atoms with Crippen molar-refractivity contribution in [2.24, 2.45) is 0 Å². The van der Waals surface area contributed by atoms with E-state index in [2.05, 4.69) is 5.92 Å². The minimum Gasteiger partial charge on any atom is -0.258 e. The fourth-order valence-corrected chi connectivity index (χ4v) is 1.37. The van der Waals surface area contributed by atoms with Crippen LogP contribution < -0.4 is 17.1 Å². The number of benzene rings is 1. The molecule has 0 aliphatic rings. The van der Waals surface area contributed by atoms with Gasteiger partial charge in [-0.3, -0.25) is 9.97 Å². The summed E-state index contributed by atoms with van der Waals surface area (Å²) in [5, 5.41) is 0. The van der Waals surface area contributed by atoms with E-state index in [1.54, 1.807) is 12.1 Å². The van der Waals surface area contributed by atoms with Crippen LogP contribution in [-0.2, 0) is 0 Å². The fraction of sp³-hybridized carbons (Fsp3) is 0. The lowest BCUT2D eigenvalue weighted by atomic mass is 10.2. The number of rotatable bonds is 1. The van der Waals surface area contributed by atoms with Crippen molar-refractivity contribution in [3.63, 3.8) is 0 Å². The van der Waals surface area contributed by atoms with Crippen LogP contribution in [0.3, 0.4) is 0 Å². The molecule has 0 saturated carbocycles. The summed E-state index contributed by atoms with van der Waals surface area (Å²) in [6.45, 7) is 0. The summed E-state index contributed by atoms with van der Waals surface area (Å²) in [5.74, 6) is 2.41. The van der Waals surface area contributed by atoms with E-state index in [4.69, 9.17) is 6.42 Å². The maximum Gasteiger partial charge on any atom is 0.338 e. The topological polar surface area (TPSA) is 87.7 Å². The van der Waals surface area contributed by atoms with Gasteiger partial charge in [0.25, 0.3) is 0 Å². The van der Waals surface area contributed by atoms with Crippen molar-refractivity contribution < 1.29 is 0 Å². The molecule has 2 aromatic rings. The molecule has 0 unspecified atom stereocenters. The van der Waals surface area contributed by atoms with Crippen LogP contribution in [0.25, 0.3) is 5.69 Å². The number of aromatic nitrogens is 3. The highest BCUT2D eigenvalue weighted by Gasteiger charge is 2.04. The van der Waals surface area contributed by atoms with Crippen LogP contribution >= 0.6 is 0 Å². The molecule has 0 spiro atoms. The quantitative estimate of drug-likeness (QED) is 0.627. The highest BCUT2D eigenvalue weighted by molar-refractivity contribution is 5.40. The molecule has 2 rings (SSSR count). The smallest absolute Gasteiger partial charge is 0.258 e. The number of nitrogens with zero attached hydrogens (tertiary/aromatic N) is 1. The first-order valence-electron chi connectivity index (χ1n) is 4.64. The van der Waals surface area contributed by atoms with Crippen molar-refractivity contribution in [3.8, 4) is 18.0 Å². The van der Waals surface area contributed by atoms with Gasteiger partial charge in [0.15, 0.2) is 0 Å². The fourth-order valence-electron chi connectivity index (χ4n) is 1.37. The molecule has 6 heteroatoms. The maximum absolute atomic E-state index is 11.5. The first kappa shape index (κ1) is 10.7. The zero-order chi connectivity index (χ0) is 12.4. The van der Waals surface area contributed by atoms with E-state index in [9.17, 15) is 14.4 Å². The molecule has 6 nitrogen and oxygen atoms in total. The first-order valence-corrected chi connectivity index (χ1v) is 4.64. The number of H-pyrrole nitrogens is 2. The molecule has 0 radical (unpaired) electrons. The van der Waals surface area contributed by atoms with Crippen molar-refractivity contribution in [2.45, 2.75) is 0 Å². The van der Waals surface area contributed by atoms with Crippen molar-refractivity contribution >= 4 is 0 Å². The van der Waals surface area contributed by atoms with E-state index in [0.29, 0.717) is 11.3 Å². The number of aromatic amines is 2. The largest absolute Gasteiger partial charge is 0.338 e. The summed E-state index contributed by atoms with van der Waals surface area (Å²) in [4.78, 5) is 37.7. The average Bonchev–Trinajstić information content (AvgIpc) is 2.28. The molecule has 17 heavy (non-hydrogen) atoms. The number of hydrogen-bond acceptors (Lipinski definition) is 3. The molecule has 0 amide bonds. The Labute approximate surface area is 94.6 Å². The minimum atomic E-state index is -0.837. The van der Waals surface area contributed by atoms with Gasteiger partial charge in [-0.05, 0) is 24.3 Å². The number of nitrogens with one attached hydrogen (secondary N) is 2. The van der Waals surface area contributed by atoms with Crippen molar-refractivity contribution in [1.82, 2.24) is 14.5 Å². The predicted octanol–water partition coefficient (Wildman–Crippen LogP) is -0.805. The lowest BCUT2D eigenvalue weighted by molar-refractivity contribution is 0.784. The third kappa shape index (κ3) is 1.94. The Balaban J connectivity index is 2.70. The van der Waals surface area contributed by atoms with Gasteiger partial charge in [-0.25, -0.2) is 19.0 Å². The van der Waals surface area contributed by atoms with Gasteiger partial charge in [0.1, 0.15) is 0 Å². The first-order chi connectivity index (χ1) is 8.11. The lowest BCUT2D eigenvalue weighted by Gasteiger charge is -2.02. The SMILES string of the molecule is C#Cc1ccc(-n2c(=O)[nH]c(=O)[nH]c2=O)cc1. The molecule has 0 bridgehead atoms. The highest BCUT2D eigenvalue weighted by Crippen LogP contribution is 2.04. The van der Waals surface area contributed by atoms with Crippen LogP contribution in [0, 0.1) is 12.3 Å². The molecular weight excluding hydrogens is 222 g/mol. The third-order valence-corrected chi connectivity index (χ3v) is 2.14. The van der Waals surface area contributed by atoms with Crippen LogP contribution in [0.4, 0.5) is 0 Å². The molecule has 1 aromatic heterocycles. The predicted molar refractivity (Wildman–Crippen MR) is 61.2 cm³/mol. The molecule has 0 saturated heterocycles. The summed E-state index contributed by atoms with van der Waals surface area (Å²) in [6, 6.07) is 6.22. The Morgan fingerprint density at radius 2 is 1.53 bits per heavy atom. The van der Waals surface area contributed by atoms with Crippen molar-refractivity contribution in [2.75, 3.05) is 0 Å². The van der Waals surface area contributed by atoms with Crippen LogP contribution in [-0.4, -0.2) is 14.5 Å². The number of terminal acetylenes is 1. The molecule has 0 aliphatic carbocycles. The van der Waals surface area contributed by atoms with E-state index < -0.39 is 17.1 Å². The standard InChI is InChI=1S/C11H7N3O3/c1-2-7-3-5-8(6-4-7)14-10(16)12-9(15)13-11(14)17/h1,3-6H,(H2,12,13,15,16,17).